The predicted octanol–water partition coefficient (Wildman–Crippen LogP) is 5.19. The lowest BCUT2D eigenvalue weighted by molar-refractivity contribution is -0.292. The molecule has 1 unspecified atom stereocenters. The van der Waals surface area contributed by atoms with Gasteiger partial charge >= 0.3 is 0 Å². The van der Waals surface area contributed by atoms with E-state index in [0.29, 0.717) is 0 Å². The number of ether oxygens (including phenoxy) is 5. The van der Waals surface area contributed by atoms with E-state index in [-0.39, 0.29) is 12.7 Å². The molecule has 2 saturated heterocycles. The van der Waals surface area contributed by atoms with Crippen molar-refractivity contribution in [3.05, 3.63) is 120 Å². The van der Waals surface area contributed by atoms with Gasteiger partial charge in [0.05, 0.1) is 12.7 Å². The molecule has 0 saturated carbocycles. The summed E-state index contributed by atoms with van der Waals surface area (Å²) in [4.78, 5) is 0. The van der Waals surface area contributed by atoms with Crippen LogP contribution in [0.15, 0.2) is 104 Å². The van der Waals surface area contributed by atoms with Crippen molar-refractivity contribution in [1.82, 2.24) is 0 Å². The standard InChI is InChI=1S/C32H36O6/c1-5-22(2)35-30-27(33)29-28(37-31(3,4)38-29)26(36-30)21-34-32(23-15-9-6-10-16-23,24-17-11-7-12-18-24)25-19-13-8-14-20-25/h5-20,22,26-30,33H,1,21H2,2-4H3/t22?,26-,27-,28-,29+,30+/m0/s1. The number of fused-ring (bicyclic) bond motifs is 1. The summed E-state index contributed by atoms with van der Waals surface area (Å²) in [6, 6.07) is 30.5. The molecule has 200 valence electrons. The topological polar surface area (TPSA) is 66.4 Å². The van der Waals surface area contributed by atoms with Crippen molar-refractivity contribution in [2.75, 3.05) is 6.61 Å². The van der Waals surface area contributed by atoms with Crippen molar-refractivity contribution >= 4 is 0 Å². The highest BCUT2D eigenvalue weighted by atomic mass is 16.8. The van der Waals surface area contributed by atoms with Crippen molar-refractivity contribution in [2.24, 2.45) is 0 Å². The second-order valence-electron chi connectivity index (χ2n) is 10.3. The third-order valence-electron chi connectivity index (χ3n) is 7.14. The largest absolute Gasteiger partial charge is 0.385 e. The van der Waals surface area contributed by atoms with Crippen LogP contribution in [-0.4, -0.2) is 54.3 Å². The summed E-state index contributed by atoms with van der Waals surface area (Å²) in [7, 11) is 0. The zero-order valence-electron chi connectivity index (χ0n) is 22.1. The van der Waals surface area contributed by atoms with Gasteiger partial charge in [0, 0.05) is 0 Å². The van der Waals surface area contributed by atoms with E-state index in [1.54, 1.807) is 6.08 Å². The fourth-order valence-electron chi connectivity index (χ4n) is 5.34. The minimum atomic E-state index is -1.03. The van der Waals surface area contributed by atoms with E-state index in [0.717, 1.165) is 16.7 Å². The molecule has 38 heavy (non-hydrogen) atoms. The van der Waals surface area contributed by atoms with E-state index in [4.69, 9.17) is 23.7 Å². The Kier molecular flexibility index (Phi) is 7.82. The van der Waals surface area contributed by atoms with Gasteiger partial charge in [-0.05, 0) is 37.5 Å². The van der Waals surface area contributed by atoms with Crippen LogP contribution in [-0.2, 0) is 29.3 Å². The van der Waals surface area contributed by atoms with Crippen LogP contribution in [0.3, 0.4) is 0 Å². The number of rotatable bonds is 9. The maximum absolute atomic E-state index is 11.1. The maximum atomic E-state index is 11.1. The summed E-state index contributed by atoms with van der Waals surface area (Å²) in [6.45, 7) is 9.46. The molecular weight excluding hydrogens is 480 g/mol. The summed E-state index contributed by atoms with van der Waals surface area (Å²) in [5.41, 5.74) is 2.05. The van der Waals surface area contributed by atoms with Crippen LogP contribution in [0.25, 0.3) is 0 Å². The van der Waals surface area contributed by atoms with E-state index in [1.807, 2.05) is 75.4 Å². The Hall–Kier alpha value is -2.84. The monoisotopic (exact) mass is 516 g/mol. The van der Waals surface area contributed by atoms with Crippen LogP contribution in [0.1, 0.15) is 37.5 Å². The van der Waals surface area contributed by atoms with Gasteiger partial charge in [0.1, 0.15) is 30.0 Å². The SMILES string of the molecule is C=CC(C)O[C@@H]1O[C@@H](COC(c2ccccc2)(c2ccccc2)c2ccccc2)[C@@H]2OC(C)(C)O[C@@H]2[C@@H]1O. The molecule has 0 aromatic heterocycles. The van der Waals surface area contributed by atoms with Gasteiger partial charge in [0.2, 0.25) is 0 Å². The molecule has 0 bridgehead atoms. The van der Waals surface area contributed by atoms with Gasteiger partial charge in [-0.3, -0.25) is 0 Å². The molecule has 2 heterocycles. The van der Waals surface area contributed by atoms with E-state index < -0.39 is 42.1 Å². The first-order valence-electron chi connectivity index (χ1n) is 13.1. The van der Waals surface area contributed by atoms with Crippen molar-refractivity contribution in [2.45, 2.75) is 69.0 Å². The Morgan fingerprint density at radius 2 is 1.34 bits per heavy atom. The summed E-state index contributed by atoms with van der Waals surface area (Å²) >= 11 is 0. The number of benzene rings is 3. The lowest BCUT2D eigenvalue weighted by atomic mass is 9.80. The first kappa shape index (κ1) is 26.8. The average Bonchev–Trinajstić information content (AvgIpc) is 3.28. The first-order valence-corrected chi connectivity index (χ1v) is 13.1. The highest BCUT2D eigenvalue weighted by molar-refractivity contribution is 5.47. The summed E-state index contributed by atoms with van der Waals surface area (Å²) in [6.07, 6.45) is -2.34. The molecular formula is C32H36O6. The van der Waals surface area contributed by atoms with Crippen LogP contribution in [0.2, 0.25) is 0 Å². The van der Waals surface area contributed by atoms with Gasteiger partial charge < -0.3 is 28.8 Å². The molecule has 6 atom stereocenters. The minimum absolute atomic E-state index is 0.161. The van der Waals surface area contributed by atoms with Crippen LogP contribution in [0, 0.1) is 0 Å². The van der Waals surface area contributed by atoms with Gasteiger partial charge in [-0.15, -0.1) is 6.58 Å². The van der Waals surface area contributed by atoms with Crippen molar-refractivity contribution in [1.29, 1.82) is 0 Å². The summed E-state index contributed by atoms with van der Waals surface area (Å²) in [5.74, 6) is -0.883. The molecule has 0 amide bonds. The van der Waals surface area contributed by atoms with E-state index in [2.05, 4.69) is 43.0 Å². The van der Waals surface area contributed by atoms with Crippen LogP contribution < -0.4 is 0 Å². The number of hydrogen-bond acceptors (Lipinski definition) is 6. The lowest BCUT2D eigenvalue weighted by Gasteiger charge is -2.42. The van der Waals surface area contributed by atoms with Gasteiger partial charge in [0.15, 0.2) is 12.1 Å². The van der Waals surface area contributed by atoms with E-state index in [9.17, 15) is 5.11 Å². The molecule has 2 aliphatic heterocycles. The Morgan fingerprint density at radius 3 is 1.82 bits per heavy atom. The molecule has 3 aromatic rings. The highest BCUT2D eigenvalue weighted by Gasteiger charge is 2.56. The van der Waals surface area contributed by atoms with Gasteiger partial charge in [0.25, 0.3) is 0 Å². The van der Waals surface area contributed by atoms with Gasteiger partial charge in [-0.2, -0.15) is 0 Å². The Morgan fingerprint density at radius 1 is 0.868 bits per heavy atom. The van der Waals surface area contributed by atoms with Crippen LogP contribution in [0.5, 0.6) is 0 Å². The fraction of sp³-hybridized carbons (Fsp3) is 0.375. The minimum Gasteiger partial charge on any atom is -0.385 e. The summed E-state index contributed by atoms with van der Waals surface area (Å²) in [5, 5.41) is 11.1. The fourth-order valence-corrected chi connectivity index (χ4v) is 5.34. The van der Waals surface area contributed by atoms with Gasteiger partial charge in [-0.25, -0.2) is 0 Å². The van der Waals surface area contributed by atoms with E-state index >= 15 is 0 Å². The molecule has 6 heteroatoms. The smallest absolute Gasteiger partial charge is 0.187 e. The second-order valence-corrected chi connectivity index (χ2v) is 10.3. The number of aliphatic hydroxyl groups is 1. The maximum Gasteiger partial charge on any atom is 0.187 e. The average molecular weight is 517 g/mol. The van der Waals surface area contributed by atoms with Gasteiger partial charge in [-0.1, -0.05) is 97.1 Å². The molecule has 5 rings (SSSR count). The zero-order valence-corrected chi connectivity index (χ0v) is 22.1. The lowest BCUT2D eigenvalue weighted by Crippen LogP contribution is -2.59. The summed E-state index contributed by atoms with van der Waals surface area (Å²) < 4.78 is 31.6. The highest BCUT2D eigenvalue weighted by Crippen LogP contribution is 2.43. The quantitative estimate of drug-likeness (QED) is 0.312. The number of hydrogen-bond donors (Lipinski definition) is 1. The Bertz CT molecular complexity index is 1090. The molecule has 1 N–H and O–H groups in total. The van der Waals surface area contributed by atoms with Crippen molar-refractivity contribution < 1.29 is 28.8 Å². The Balaban J connectivity index is 1.54. The second kappa shape index (κ2) is 11.1. The molecule has 0 spiro atoms. The van der Waals surface area contributed by atoms with Crippen molar-refractivity contribution in [3.63, 3.8) is 0 Å². The van der Waals surface area contributed by atoms with Crippen LogP contribution in [0.4, 0.5) is 0 Å². The van der Waals surface area contributed by atoms with Crippen LogP contribution >= 0.6 is 0 Å². The third-order valence-corrected chi connectivity index (χ3v) is 7.14. The molecule has 2 fully saturated rings. The first-order chi connectivity index (χ1) is 18.3. The molecule has 0 aliphatic carbocycles. The molecule has 3 aromatic carbocycles. The molecule has 0 radical (unpaired) electrons. The predicted molar refractivity (Wildman–Crippen MR) is 144 cm³/mol. The van der Waals surface area contributed by atoms with Crippen molar-refractivity contribution in [3.8, 4) is 0 Å². The normalized spacial score (nSPS) is 27.4. The third kappa shape index (κ3) is 5.21. The Labute approximate surface area is 224 Å². The molecule has 6 nitrogen and oxygen atoms in total. The number of aliphatic hydroxyl groups excluding tert-OH is 1. The molecule has 2 aliphatic rings. The zero-order chi connectivity index (χ0) is 26.8. The van der Waals surface area contributed by atoms with E-state index in [1.165, 1.54) is 0 Å².